The summed E-state index contributed by atoms with van der Waals surface area (Å²) in [6.45, 7) is 2.11. The first kappa shape index (κ1) is 13.8. The molecular weight excluding hydrogens is 228 g/mol. The fourth-order valence-electron chi connectivity index (χ4n) is 1.33. The molecule has 0 saturated heterocycles. The zero-order valence-corrected chi connectivity index (χ0v) is 10.5. The molecule has 0 fully saturated rings. The summed E-state index contributed by atoms with van der Waals surface area (Å²) in [7, 11) is 1.58. The number of carbonyl (C=O) groups is 1. The lowest BCUT2D eigenvalue weighted by molar-refractivity contribution is -0.116. The van der Waals surface area contributed by atoms with Crippen LogP contribution < -0.4 is 10.1 Å². The maximum absolute atomic E-state index is 11.5. The van der Waals surface area contributed by atoms with Crippen molar-refractivity contribution in [1.29, 1.82) is 5.26 Å². The number of carbonyl (C=O) groups excluding carboxylic acids is 1. The number of hydrogen-bond donors (Lipinski definition) is 1. The molecule has 0 radical (unpaired) electrons. The number of hydrogen-bond acceptors (Lipinski definition) is 3. The van der Waals surface area contributed by atoms with Crippen molar-refractivity contribution in [2.45, 2.75) is 6.92 Å². The molecule has 0 heterocycles. The monoisotopic (exact) mass is 244 g/mol. The molecule has 0 bridgehead atoms. The summed E-state index contributed by atoms with van der Waals surface area (Å²) in [6, 6.07) is 9.48. The van der Waals surface area contributed by atoms with Gasteiger partial charge in [0.05, 0.1) is 19.1 Å². The number of nitrogens with one attached hydrogen (secondary N) is 1. The fourth-order valence-corrected chi connectivity index (χ4v) is 1.33. The van der Waals surface area contributed by atoms with Gasteiger partial charge >= 0.3 is 0 Å². The Morgan fingerprint density at radius 1 is 1.56 bits per heavy atom. The quantitative estimate of drug-likeness (QED) is 0.806. The van der Waals surface area contributed by atoms with Crippen LogP contribution in [0.1, 0.15) is 12.5 Å². The first-order valence-electron chi connectivity index (χ1n) is 5.66. The molecule has 4 heteroatoms. The lowest BCUT2D eigenvalue weighted by Crippen LogP contribution is -2.25. The molecule has 1 aromatic rings. The zero-order valence-electron chi connectivity index (χ0n) is 10.5. The van der Waals surface area contributed by atoms with E-state index >= 15 is 0 Å². The predicted octanol–water partition coefficient (Wildman–Crippen LogP) is 1.98. The topological polar surface area (TPSA) is 62.1 Å². The van der Waals surface area contributed by atoms with Gasteiger partial charge in [-0.3, -0.25) is 4.79 Å². The van der Waals surface area contributed by atoms with E-state index in [1.54, 1.807) is 20.1 Å². The van der Waals surface area contributed by atoms with Gasteiger partial charge in [0.2, 0.25) is 5.91 Å². The normalized spacial score (nSPS) is 11.8. The van der Waals surface area contributed by atoms with E-state index in [0.717, 1.165) is 5.56 Å². The summed E-state index contributed by atoms with van der Waals surface area (Å²) >= 11 is 0. The molecular formula is C14H16N2O2. The zero-order chi connectivity index (χ0) is 13.4. The summed E-state index contributed by atoms with van der Waals surface area (Å²) < 4.78 is 5.17. The second kappa shape index (κ2) is 7.13. The van der Waals surface area contributed by atoms with Crippen LogP contribution in [0.4, 0.5) is 0 Å². The van der Waals surface area contributed by atoms with Crippen molar-refractivity contribution >= 4 is 12.0 Å². The molecule has 1 aromatic carbocycles. The minimum Gasteiger partial charge on any atom is -0.496 e. The molecule has 1 unspecified atom stereocenters. The Hall–Kier alpha value is -2.28. The van der Waals surface area contributed by atoms with Gasteiger partial charge in [-0.1, -0.05) is 18.2 Å². The number of ether oxygens (including phenoxy) is 1. The van der Waals surface area contributed by atoms with E-state index in [1.807, 2.05) is 24.3 Å². The van der Waals surface area contributed by atoms with Gasteiger partial charge < -0.3 is 10.1 Å². The van der Waals surface area contributed by atoms with Crippen molar-refractivity contribution in [2.24, 2.45) is 5.92 Å². The molecule has 1 atom stereocenters. The van der Waals surface area contributed by atoms with Crippen LogP contribution in [0.5, 0.6) is 5.75 Å². The van der Waals surface area contributed by atoms with Crippen LogP contribution in [0.25, 0.3) is 6.08 Å². The second-order valence-corrected chi connectivity index (χ2v) is 3.85. The number of rotatable bonds is 5. The molecule has 0 aliphatic carbocycles. The minimum absolute atomic E-state index is 0.186. The molecule has 0 aromatic heterocycles. The Morgan fingerprint density at radius 2 is 2.28 bits per heavy atom. The number of para-hydroxylation sites is 1. The summed E-state index contributed by atoms with van der Waals surface area (Å²) in [6.07, 6.45) is 3.12. The minimum atomic E-state index is -0.219. The molecule has 4 nitrogen and oxygen atoms in total. The third-order valence-corrected chi connectivity index (χ3v) is 2.36. The van der Waals surface area contributed by atoms with Crippen LogP contribution in [0.2, 0.25) is 0 Å². The SMILES string of the molecule is COc1ccccc1C=CC(=O)NCC(C)C#N. The Morgan fingerprint density at radius 3 is 2.94 bits per heavy atom. The lowest BCUT2D eigenvalue weighted by Gasteiger charge is -2.04. The van der Waals surface area contributed by atoms with Crippen molar-refractivity contribution in [2.75, 3.05) is 13.7 Å². The van der Waals surface area contributed by atoms with Gasteiger partial charge in [0.1, 0.15) is 5.75 Å². The molecule has 94 valence electrons. The maximum Gasteiger partial charge on any atom is 0.244 e. The standard InChI is InChI=1S/C14H16N2O2/c1-11(9-15)10-16-14(17)8-7-12-5-3-4-6-13(12)18-2/h3-8,11H,10H2,1-2H3,(H,16,17). The molecule has 1 rings (SSSR count). The van der Waals surface area contributed by atoms with Crippen molar-refractivity contribution < 1.29 is 9.53 Å². The molecule has 1 N–H and O–H groups in total. The van der Waals surface area contributed by atoms with Crippen LogP contribution in [-0.4, -0.2) is 19.6 Å². The Balaban J connectivity index is 2.58. The van der Waals surface area contributed by atoms with E-state index in [9.17, 15) is 4.79 Å². The number of benzene rings is 1. The maximum atomic E-state index is 11.5. The van der Waals surface area contributed by atoms with Gasteiger partial charge in [0.15, 0.2) is 0 Å². The summed E-state index contributed by atoms with van der Waals surface area (Å²) in [5.74, 6) is 0.309. The van der Waals surface area contributed by atoms with Crippen LogP contribution in [0.15, 0.2) is 30.3 Å². The summed E-state index contributed by atoms with van der Waals surface area (Å²) in [5.41, 5.74) is 0.837. The largest absolute Gasteiger partial charge is 0.496 e. The van der Waals surface area contributed by atoms with E-state index in [4.69, 9.17) is 10.00 Å². The van der Waals surface area contributed by atoms with Gasteiger partial charge in [-0.2, -0.15) is 5.26 Å². The average molecular weight is 244 g/mol. The molecule has 0 saturated carbocycles. The number of nitriles is 1. The van der Waals surface area contributed by atoms with E-state index in [-0.39, 0.29) is 11.8 Å². The molecule has 0 spiro atoms. The highest BCUT2D eigenvalue weighted by Crippen LogP contribution is 2.18. The smallest absolute Gasteiger partial charge is 0.244 e. The third kappa shape index (κ3) is 4.30. The summed E-state index contributed by atoms with van der Waals surface area (Å²) in [4.78, 5) is 11.5. The Labute approximate surface area is 107 Å². The van der Waals surface area contributed by atoms with E-state index in [2.05, 4.69) is 11.4 Å². The lowest BCUT2D eigenvalue weighted by atomic mass is 10.2. The van der Waals surface area contributed by atoms with Crippen molar-refractivity contribution in [3.05, 3.63) is 35.9 Å². The van der Waals surface area contributed by atoms with Gasteiger partial charge in [-0.05, 0) is 19.1 Å². The Kier molecular flexibility index (Phi) is 5.46. The summed E-state index contributed by atoms with van der Waals surface area (Å²) in [5, 5.41) is 11.2. The van der Waals surface area contributed by atoms with Crippen LogP contribution in [0, 0.1) is 17.2 Å². The van der Waals surface area contributed by atoms with Gasteiger partial charge in [-0.15, -0.1) is 0 Å². The molecule has 0 aliphatic heterocycles. The van der Waals surface area contributed by atoms with Crippen LogP contribution in [0.3, 0.4) is 0 Å². The highest BCUT2D eigenvalue weighted by molar-refractivity contribution is 5.92. The first-order valence-corrected chi connectivity index (χ1v) is 5.66. The highest BCUT2D eigenvalue weighted by atomic mass is 16.5. The number of methoxy groups -OCH3 is 1. The molecule has 18 heavy (non-hydrogen) atoms. The number of nitrogens with zero attached hydrogens (tertiary/aromatic N) is 1. The first-order chi connectivity index (χ1) is 8.67. The number of amides is 1. The van der Waals surface area contributed by atoms with Crippen molar-refractivity contribution in [1.82, 2.24) is 5.32 Å². The van der Waals surface area contributed by atoms with Gasteiger partial charge in [-0.25, -0.2) is 0 Å². The second-order valence-electron chi connectivity index (χ2n) is 3.85. The van der Waals surface area contributed by atoms with Crippen molar-refractivity contribution in [3.63, 3.8) is 0 Å². The van der Waals surface area contributed by atoms with E-state index in [0.29, 0.717) is 12.3 Å². The van der Waals surface area contributed by atoms with Crippen LogP contribution >= 0.6 is 0 Å². The van der Waals surface area contributed by atoms with Gasteiger partial charge in [0, 0.05) is 18.2 Å². The highest BCUT2D eigenvalue weighted by Gasteiger charge is 2.02. The van der Waals surface area contributed by atoms with Crippen LogP contribution in [-0.2, 0) is 4.79 Å². The van der Waals surface area contributed by atoms with Gasteiger partial charge in [0.25, 0.3) is 0 Å². The van der Waals surface area contributed by atoms with E-state index in [1.165, 1.54) is 6.08 Å². The van der Waals surface area contributed by atoms with E-state index < -0.39 is 0 Å². The fraction of sp³-hybridized carbons (Fsp3) is 0.286. The predicted molar refractivity (Wildman–Crippen MR) is 69.8 cm³/mol. The van der Waals surface area contributed by atoms with Crippen molar-refractivity contribution in [3.8, 4) is 11.8 Å². The average Bonchev–Trinajstić information content (AvgIpc) is 2.42. The Bertz CT molecular complexity index is 475. The molecule has 0 aliphatic rings. The molecule has 1 amide bonds. The third-order valence-electron chi connectivity index (χ3n) is 2.36.